The highest BCUT2D eigenvalue weighted by Gasteiger charge is 2.44. The molecule has 4 heterocycles. The third kappa shape index (κ3) is 17.9. The number of ether oxygens (including phenoxy) is 3. The number of carbonyl (C=O) groups excluding carboxylic acids is 5. The van der Waals surface area contributed by atoms with Crippen LogP contribution in [0.2, 0.25) is 0 Å². The number of fused-ring (bicyclic) bond motifs is 1. The van der Waals surface area contributed by atoms with Crippen LogP contribution in [0.1, 0.15) is 70.6 Å². The summed E-state index contributed by atoms with van der Waals surface area (Å²) in [6.07, 6.45) is 7.83. The van der Waals surface area contributed by atoms with Gasteiger partial charge in [-0.2, -0.15) is 0 Å². The van der Waals surface area contributed by atoms with Crippen molar-refractivity contribution < 1.29 is 43.3 Å². The minimum Gasteiger partial charge on any atom is -0.494 e. The number of amides is 5. The van der Waals surface area contributed by atoms with E-state index in [4.69, 9.17) is 19.2 Å². The summed E-state index contributed by atoms with van der Waals surface area (Å²) in [5, 5.41) is 26.6. The van der Waals surface area contributed by atoms with Crippen LogP contribution in [0.3, 0.4) is 0 Å². The zero-order chi connectivity index (χ0) is 60.3. The van der Waals surface area contributed by atoms with E-state index < -0.39 is 35.4 Å². The number of likely N-dealkylation sites (tertiary alicyclic amines) is 1. The summed E-state index contributed by atoms with van der Waals surface area (Å²) in [7, 11) is 7.64. The number of β-amino-alcohol motifs (C(OH)–C–C–N with tert-alkyl or cyclic N) is 1. The molecule has 0 saturated carbocycles. The van der Waals surface area contributed by atoms with Crippen LogP contribution < -0.4 is 36.2 Å². The molecule has 3 atom stereocenters. The Bertz CT molecular complexity index is 3190. The van der Waals surface area contributed by atoms with E-state index in [0.717, 1.165) is 75.4 Å². The van der Waals surface area contributed by atoms with Crippen molar-refractivity contribution in [1.82, 2.24) is 45.3 Å². The predicted molar refractivity (Wildman–Crippen MR) is 329 cm³/mol. The van der Waals surface area contributed by atoms with Crippen molar-refractivity contribution in [3.05, 3.63) is 109 Å². The Morgan fingerprint density at radius 3 is 2.39 bits per heavy atom. The number of benzene rings is 3. The summed E-state index contributed by atoms with van der Waals surface area (Å²) in [6.45, 7) is 14.0. The maximum atomic E-state index is 14.0. The molecule has 1 aliphatic rings. The van der Waals surface area contributed by atoms with Crippen LogP contribution in [0.5, 0.6) is 5.75 Å². The molecule has 1 aliphatic heterocycles. The first-order valence-corrected chi connectivity index (χ1v) is 29.4. The number of aliphatic hydroxyl groups is 1. The molecule has 22 heteroatoms. The van der Waals surface area contributed by atoms with E-state index >= 15 is 0 Å². The summed E-state index contributed by atoms with van der Waals surface area (Å²) in [6, 6.07) is 19.7. The molecule has 84 heavy (non-hydrogen) atoms. The first kappa shape index (κ1) is 63.8. The Hall–Kier alpha value is -7.76. The quantitative estimate of drug-likeness (QED) is 0.0186. The van der Waals surface area contributed by atoms with Gasteiger partial charge in [-0.3, -0.25) is 24.0 Å². The molecular weight excluding hydrogens is 1090 g/mol. The Balaban J connectivity index is 0.803. The van der Waals surface area contributed by atoms with Crippen molar-refractivity contribution in [2.75, 3.05) is 95.9 Å². The van der Waals surface area contributed by atoms with Crippen LogP contribution in [-0.2, 0) is 47.0 Å². The molecule has 7 rings (SSSR count). The van der Waals surface area contributed by atoms with E-state index in [1.807, 2.05) is 109 Å². The van der Waals surface area contributed by atoms with Crippen molar-refractivity contribution in [2.45, 2.75) is 91.0 Å². The Kier molecular flexibility index (Phi) is 23.3. The van der Waals surface area contributed by atoms with Gasteiger partial charge >= 0.3 is 0 Å². The van der Waals surface area contributed by atoms with Crippen LogP contribution in [0, 0.1) is 12.3 Å². The Morgan fingerprint density at radius 2 is 1.67 bits per heavy atom. The number of nitrogens with one attached hydrogen (secondary N) is 5. The lowest BCUT2D eigenvalue weighted by Gasteiger charge is -2.35. The van der Waals surface area contributed by atoms with Gasteiger partial charge in [-0.15, -0.1) is 11.3 Å². The second-order valence-corrected chi connectivity index (χ2v) is 23.1. The zero-order valence-corrected chi connectivity index (χ0v) is 50.5. The van der Waals surface area contributed by atoms with Crippen molar-refractivity contribution in [3.63, 3.8) is 0 Å². The SMILES string of the molecule is C=CC(=O)Nc1cc(Nc2nccc(-c3cn(C)c4ccccc34)n2)c(OC)cc1N(CCCCCCC(=O)NCCOCCOCC(=O)N[C@H](C(=O)N1C[C@H](O)C[C@H]1C(=O)NCc1ccc(-c2scnc2C)cc1)C(C)(C)C)CCN(C)C. The summed E-state index contributed by atoms with van der Waals surface area (Å²) >= 11 is 1.57. The fourth-order valence-corrected chi connectivity index (χ4v) is 10.8. The number of aliphatic hydroxyl groups excluding tert-OH is 1. The van der Waals surface area contributed by atoms with Crippen molar-refractivity contribution in [3.8, 4) is 27.4 Å². The van der Waals surface area contributed by atoms with Gasteiger partial charge < -0.3 is 65.2 Å². The number of hydrogen-bond acceptors (Lipinski definition) is 16. The number of nitrogens with zero attached hydrogens (tertiary/aromatic N) is 7. The van der Waals surface area contributed by atoms with Gasteiger partial charge in [0.05, 0.1) is 71.9 Å². The summed E-state index contributed by atoms with van der Waals surface area (Å²) in [5.74, 6) is -0.884. The highest BCUT2D eigenvalue weighted by atomic mass is 32.1. The van der Waals surface area contributed by atoms with Crippen LogP contribution in [-0.4, -0.2) is 163 Å². The highest BCUT2D eigenvalue weighted by Crippen LogP contribution is 2.39. The normalized spacial score (nSPS) is 14.5. The predicted octanol–water partition coefficient (Wildman–Crippen LogP) is 7.22. The number of methoxy groups -OCH3 is 1. The smallest absolute Gasteiger partial charge is 0.247 e. The number of hydrogen-bond donors (Lipinski definition) is 6. The fourth-order valence-electron chi connectivity index (χ4n) is 9.95. The Morgan fingerprint density at radius 1 is 0.905 bits per heavy atom. The number of carbonyl (C=O) groups is 5. The third-order valence-electron chi connectivity index (χ3n) is 14.5. The number of likely N-dealkylation sites (N-methyl/N-ethyl adjacent to an activating group) is 1. The van der Waals surface area contributed by atoms with E-state index in [-0.39, 0.29) is 63.7 Å². The number of thiazole rings is 1. The standard InChI is InChI=1S/C62H82N12O9S/c1-10-54(76)67-48-34-49(69-61-64-25-24-47(68-61)46-38-72(8)50-18-15-14-17-45(46)50)53(81-9)35-51(48)73(29-28-71(6)7)27-16-12-11-13-19-55(77)63-26-30-82-31-32-83-39-56(78)70-58(62(3,4)5)60(80)74-37-44(75)33-52(74)59(79)65-36-42-20-22-43(23-21-42)57-41(2)66-40-84-57/h10,14-15,17-18,20-25,34-35,38,40,44,52,58,75H,1,11-13,16,19,26-33,36-37,39H2,2-9H3,(H,63,77)(H,65,79)(H,67,76)(H,70,78)(H,64,68,69)/t44-,52+,58-/m1/s1. The van der Waals surface area contributed by atoms with Gasteiger partial charge in [0.1, 0.15) is 24.4 Å². The van der Waals surface area contributed by atoms with Crippen LogP contribution in [0.25, 0.3) is 32.6 Å². The molecule has 21 nitrogen and oxygen atoms in total. The molecular formula is C62H82N12O9S. The molecule has 3 aromatic heterocycles. The molecule has 6 aromatic rings. The van der Waals surface area contributed by atoms with Gasteiger partial charge in [-0.25, -0.2) is 15.0 Å². The maximum Gasteiger partial charge on any atom is 0.247 e. The molecule has 1 saturated heterocycles. The first-order valence-electron chi connectivity index (χ1n) is 28.5. The van der Waals surface area contributed by atoms with E-state index in [9.17, 15) is 29.1 Å². The number of aryl methyl sites for hydroxylation is 2. The monoisotopic (exact) mass is 1170 g/mol. The van der Waals surface area contributed by atoms with E-state index in [1.54, 1.807) is 24.6 Å². The minimum atomic E-state index is -0.994. The number of rotatable bonds is 31. The lowest BCUT2D eigenvalue weighted by molar-refractivity contribution is -0.144. The lowest BCUT2D eigenvalue weighted by Crippen LogP contribution is -2.58. The van der Waals surface area contributed by atoms with Gasteiger partial charge in [0.15, 0.2) is 0 Å². The van der Waals surface area contributed by atoms with Crippen molar-refractivity contribution >= 4 is 74.8 Å². The summed E-state index contributed by atoms with van der Waals surface area (Å²) in [5.41, 5.74) is 8.71. The van der Waals surface area contributed by atoms with Crippen molar-refractivity contribution in [1.29, 1.82) is 0 Å². The molecule has 1 fully saturated rings. The van der Waals surface area contributed by atoms with Gasteiger partial charge in [-0.1, -0.05) is 82.7 Å². The number of aromatic nitrogens is 4. The summed E-state index contributed by atoms with van der Waals surface area (Å²) in [4.78, 5) is 86.7. The number of para-hydroxylation sites is 1. The topological polar surface area (TPSA) is 247 Å². The molecule has 0 unspecified atom stereocenters. The molecule has 0 bridgehead atoms. The number of unbranched alkanes of at least 4 members (excludes halogenated alkanes) is 3. The van der Waals surface area contributed by atoms with E-state index in [2.05, 4.69) is 75.8 Å². The van der Waals surface area contributed by atoms with E-state index in [0.29, 0.717) is 55.5 Å². The van der Waals surface area contributed by atoms with Crippen LogP contribution >= 0.6 is 11.3 Å². The van der Waals surface area contributed by atoms with Crippen molar-refractivity contribution in [2.24, 2.45) is 12.5 Å². The maximum absolute atomic E-state index is 14.0. The molecule has 0 aliphatic carbocycles. The lowest BCUT2D eigenvalue weighted by atomic mass is 9.85. The fraction of sp³-hybridized carbons (Fsp3) is 0.452. The van der Waals surface area contributed by atoms with Gasteiger partial charge in [0.25, 0.3) is 0 Å². The van der Waals surface area contributed by atoms with Gasteiger partial charge in [0.2, 0.25) is 35.5 Å². The largest absolute Gasteiger partial charge is 0.494 e. The average Bonchev–Trinajstić information content (AvgIpc) is 3.35. The molecule has 0 spiro atoms. The first-order chi connectivity index (χ1) is 40.3. The van der Waals surface area contributed by atoms with Gasteiger partial charge in [-0.05, 0) is 74.7 Å². The second kappa shape index (κ2) is 30.7. The molecule has 3 aromatic carbocycles. The number of anilines is 4. The molecule has 5 amide bonds. The molecule has 450 valence electrons. The zero-order valence-electron chi connectivity index (χ0n) is 49.7. The highest BCUT2D eigenvalue weighted by molar-refractivity contribution is 7.13. The van der Waals surface area contributed by atoms with E-state index in [1.165, 1.54) is 11.0 Å². The molecule has 0 radical (unpaired) electrons. The minimum absolute atomic E-state index is 0.0352. The second-order valence-electron chi connectivity index (χ2n) is 22.2. The van der Waals surface area contributed by atoms with Gasteiger partial charge in [0, 0.05) is 94.1 Å². The van der Waals surface area contributed by atoms with Crippen LogP contribution in [0.4, 0.5) is 23.0 Å². The van der Waals surface area contributed by atoms with Crippen LogP contribution in [0.15, 0.2) is 97.3 Å². The Labute approximate surface area is 496 Å². The molecule has 6 N–H and O–H groups in total. The summed E-state index contributed by atoms with van der Waals surface area (Å²) < 4.78 is 19.2. The third-order valence-corrected chi connectivity index (χ3v) is 15.4. The average molecular weight is 1170 g/mol.